The van der Waals surface area contributed by atoms with E-state index in [0.29, 0.717) is 5.52 Å². The van der Waals surface area contributed by atoms with Crippen LogP contribution in [0.5, 0.6) is 0 Å². The molecule has 0 saturated heterocycles. The molecule has 1 aliphatic carbocycles. The molecule has 2 amide bonds. The van der Waals surface area contributed by atoms with Crippen molar-refractivity contribution in [1.82, 2.24) is 14.7 Å². The third-order valence-corrected chi connectivity index (χ3v) is 5.30. The first-order valence-electron chi connectivity index (χ1n) is 9.69. The van der Waals surface area contributed by atoms with Gasteiger partial charge in [0, 0.05) is 17.9 Å². The van der Waals surface area contributed by atoms with E-state index in [1.807, 2.05) is 44.2 Å². The zero-order valence-electron chi connectivity index (χ0n) is 16.2. The molecule has 0 spiro atoms. The summed E-state index contributed by atoms with van der Waals surface area (Å²) in [6, 6.07) is 11.6. The number of carbonyl (C=O) groups is 2. The van der Waals surface area contributed by atoms with Gasteiger partial charge in [0.05, 0.1) is 5.52 Å². The number of benzene rings is 1. The highest BCUT2D eigenvalue weighted by molar-refractivity contribution is 6.09. The van der Waals surface area contributed by atoms with E-state index in [-0.39, 0.29) is 29.4 Å². The molecule has 0 aliphatic heterocycles. The number of pyridine rings is 1. The number of amides is 2. The summed E-state index contributed by atoms with van der Waals surface area (Å²) in [4.78, 5) is 30.2. The van der Waals surface area contributed by atoms with Crippen LogP contribution in [-0.4, -0.2) is 27.2 Å². The topological polar surface area (TPSA) is 75.5 Å². The fourth-order valence-electron chi connectivity index (χ4n) is 3.74. The van der Waals surface area contributed by atoms with Crippen LogP contribution in [0.15, 0.2) is 42.6 Å². The molecule has 1 fully saturated rings. The minimum atomic E-state index is -0.322. The Labute approximate surface area is 164 Å². The van der Waals surface area contributed by atoms with Crippen LogP contribution in [0.4, 0.5) is 5.69 Å². The lowest BCUT2D eigenvalue weighted by Gasteiger charge is -2.10. The molecule has 3 aromatic rings. The van der Waals surface area contributed by atoms with Crippen LogP contribution in [0.25, 0.3) is 5.52 Å². The highest BCUT2D eigenvalue weighted by atomic mass is 16.2. The second kappa shape index (κ2) is 7.46. The first-order valence-corrected chi connectivity index (χ1v) is 9.69. The van der Waals surface area contributed by atoms with Gasteiger partial charge >= 0.3 is 0 Å². The highest BCUT2D eigenvalue weighted by Gasteiger charge is 2.24. The Morgan fingerprint density at radius 3 is 2.64 bits per heavy atom. The van der Waals surface area contributed by atoms with E-state index < -0.39 is 0 Å². The molecule has 0 bridgehead atoms. The molecule has 2 N–H and O–H groups in total. The first-order chi connectivity index (χ1) is 13.5. The van der Waals surface area contributed by atoms with Crippen LogP contribution >= 0.6 is 0 Å². The van der Waals surface area contributed by atoms with Gasteiger partial charge in [-0.25, -0.2) is 4.98 Å². The van der Waals surface area contributed by atoms with Gasteiger partial charge in [-0.3, -0.25) is 14.0 Å². The number of anilines is 1. The van der Waals surface area contributed by atoms with Crippen molar-refractivity contribution in [3.8, 4) is 0 Å². The number of nitrogens with one attached hydrogen (secondary N) is 2. The van der Waals surface area contributed by atoms with E-state index >= 15 is 0 Å². The third kappa shape index (κ3) is 3.50. The second-order valence-electron chi connectivity index (χ2n) is 7.47. The van der Waals surface area contributed by atoms with E-state index in [0.717, 1.165) is 42.5 Å². The molecular formula is C22H24N4O2. The van der Waals surface area contributed by atoms with Gasteiger partial charge in [0.1, 0.15) is 0 Å². The molecule has 2 heterocycles. The molecule has 2 aromatic heterocycles. The third-order valence-electron chi connectivity index (χ3n) is 5.30. The first kappa shape index (κ1) is 18.2. The van der Waals surface area contributed by atoms with Gasteiger partial charge in [-0.2, -0.15) is 0 Å². The Balaban J connectivity index is 1.66. The Morgan fingerprint density at radius 2 is 1.86 bits per heavy atom. The second-order valence-corrected chi connectivity index (χ2v) is 7.47. The smallest absolute Gasteiger partial charge is 0.287 e. The summed E-state index contributed by atoms with van der Waals surface area (Å²) < 4.78 is 1.68. The SMILES string of the molecule is Cc1ccc(C)c(NC(=O)c2nc(C(=O)NC3CCCC3)n3ccccc23)c1. The van der Waals surface area contributed by atoms with Crippen LogP contribution in [-0.2, 0) is 0 Å². The molecule has 4 rings (SSSR count). The minimum Gasteiger partial charge on any atom is -0.347 e. The van der Waals surface area contributed by atoms with Gasteiger partial charge in [0.25, 0.3) is 11.8 Å². The van der Waals surface area contributed by atoms with Gasteiger partial charge in [0.2, 0.25) is 5.82 Å². The summed E-state index contributed by atoms with van der Waals surface area (Å²) in [6.45, 7) is 3.92. The molecule has 1 aromatic carbocycles. The molecule has 0 atom stereocenters. The lowest BCUT2D eigenvalue weighted by Crippen LogP contribution is -2.33. The monoisotopic (exact) mass is 376 g/mol. The number of nitrogens with zero attached hydrogens (tertiary/aromatic N) is 2. The Bertz CT molecular complexity index is 1050. The van der Waals surface area contributed by atoms with Crippen LogP contribution in [0.3, 0.4) is 0 Å². The van der Waals surface area contributed by atoms with Crippen molar-refractivity contribution in [2.45, 2.75) is 45.6 Å². The van der Waals surface area contributed by atoms with Crippen molar-refractivity contribution >= 4 is 23.0 Å². The minimum absolute atomic E-state index is 0.191. The number of hydrogen-bond donors (Lipinski definition) is 2. The van der Waals surface area contributed by atoms with Gasteiger partial charge in [-0.1, -0.05) is 31.0 Å². The van der Waals surface area contributed by atoms with E-state index in [9.17, 15) is 9.59 Å². The zero-order valence-corrected chi connectivity index (χ0v) is 16.2. The number of aryl methyl sites for hydroxylation is 2. The fourth-order valence-corrected chi connectivity index (χ4v) is 3.74. The van der Waals surface area contributed by atoms with Crippen molar-refractivity contribution in [2.24, 2.45) is 0 Å². The largest absolute Gasteiger partial charge is 0.347 e. The average molecular weight is 376 g/mol. The van der Waals surface area contributed by atoms with Gasteiger partial charge in [-0.15, -0.1) is 0 Å². The standard InChI is InChI=1S/C22H24N4O2/c1-14-10-11-15(2)17(13-14)24-21(27)19-18-9-5-6-12-26(18)20(25-19)22(28)23-16-7-3-4-8-16/h5-6,9-13,16H,3-4,7-8H2,1-2H3,(H,23,28)(H,24,27). The van der Waals surface area contributed by atoms with Crippen molar-refractivity contribution in [2.75, 3.05) is 5.32 Å². The molecule has 6 nitrogen and oxygen atoms in total. The predicted octanol–water partition coefficient (Wildman–Crippen LogP) is 3.88. The van der Waals surface area contributed by atoms with Crippen molar-refractivity contribution in [1.29, 1.82) is 0 Å². The normalized spacial score (nSPS) is 14.4. The van der Waals surface area contributed by atoms with Crippen LogP contribution < -0.4 is 10.6 Å². The number of hydrogen-bond acceptors (Lipinski definition) is 3. The van der Waals surface area contributed by atoms with Gasteiger partial charge < -0.3 is 10.6 Å². The number of fused-ring (bicyclic) bond motifs is 1. The number of carbonyl (C=O) groups excluding carboxylic acids is 2. The summed E-state index contributed by atoms with van der Waals surface area (Å²) in [6.07, 6.45) is 6.03. The van der Waals surface area contributed by atoms with E-state index in [1.165, 1.54) is 0 Å². The Morgan fingerprint density at radius 1 is 1.07 bits per heavy atom. The zero-order chi connectivity index (χ0) is 19.7. The maximum atomic E-state index is 13.0. The molecule has 1 saturated carbocycles. The lowest BCUT2D eigenvalue weighted by atomic mass is 10.1. The molecular weight excluding hydrogens is 352 g/mol. The summed E-state index contributed by atoms with van der Waals surface area (Å²) >= 11 is 0. The average Bonchev–Trinajstić information content (AvgIpc) is 3.32. The highest BCUT2D eigenvalue weighted by Crippen LogP contribution is 2.21. The Kier molecular flexibility index (Phi) is 4.86. The number of rotatable bonds is 4. The number of imidazole rings is 1. The van der Waals surface area contributed by atoms with E-state index in [1.54, 1.807) is 16.7 Å². The van der Waals surface area contributed by atoms with Crippen molar-refractivity contribution < 1.29 is 9.59 Å². The van der Waals surface area contributed by atoms with Crippen molar-refractivity contribution in [3.63, 3.8) is 0 Å². The predicted molar refractivity (Wildman–Crippen MR) is 109 cm³/mol. The summed E-state index contributed by atoms with van der Waals surface area (Å²) in [5.74, 6) is -0.315. The lowest BCUT2D eigenvalue weighted by molar-refractivity contribution is 0.0926. The van der Waals surface area contributed by atoms with Crippen molar-refractivity contribution in [3.05, 3.63) is 65.2 Å². The number of aromatic nitrogens is 2. The molecule has 0 unspecified atom stereocenters. The van der Waals surface area contributed by atoms with E-state index in [4.69, 9.17) is 0 Å². The van der Waals surface area contributed by atoms with Crippen LogP contribution in [0.1, 0.15) is 57.9 Å². The van der Waals surface area contributed by atoms with Crippen LogP contribution in [0, 0.1) is 13.8 Å². The molecule has 6 heteroatoms. The molecule has 28 heavy (non-hydrogen) atoms. The summed E-state index contributed by atoms with van der Waals surface area (Å²) in [5.41, 5.74) is 3.65. The summed E-state index contributed by atoms with van der Waals surface area (Å²) in [5, 5.41) is 5.99. The van der Waals surface area contributed by atoms with E-state index in [2.05, 4.69) is 15.6 Å². The van der Waals surface area contributed by atoms with Crippen LogP contribution in [0.2, 0.25) is 0 Å². The van der Waals surface area contributed by atoms with Gasteiger partial charge in [0.15, 0.2) is 5.69 Å². The quantitative estimate of drug-likeness (QED) is 0.726. The summed E-state index contributed by atoms with van der Waals surface area (Å²) in [7, 11) is 0. The molecule has 0 radical (unpaired) electrons. The van der Waals surface area contributed by atoms with Gasteiger partial charge in [-0.05, 0) is 56.0 Å². The molecule has 1 aliphatic rings. The maximum Gasteiger partial charge on any atom is 0.287 e. The maximum absolute atomic E-state index is 13.0. The fraction of sp³-hybridized carbons (Fsp3) is 0.318. The Hall–Kier alpha value is -3.15. The molecule has 144 valence electrons.